The van der Waals surface area contributed by atoms with Gasteiger partial charge in [0.25, 0.3) is 0 Å². The van der Waals surface area contributed by atoms with Crippen molar-refractivity contribution in [1.82, 2.24) is 14.7 Å². The Morgan fingerprint density at radius 1 is 1.20 bits per heavy atom. The Morgan fingerprint density at radius 3 is 2.80 bits per heavy atom. The topological polar surface area (TPSA) is 68.0 Å². The summed E-state index contributed by atoms with van der Waals surface area (Å²) in [6.07, 6.45) is 3.20. The molecule has 0 saturated carbocycles. The molecule has 0 fully saturated rings. The van der Waals surface area contributed by atoms with Gasteiger partial charge in [-0.1, -0.05) is 6.07 Å². The molecule has 0 aliphatic carbocycles. The lowest BCUT2D eigenvalue weighted by Gasteiger charge is -2.16. The van der Waals surface area contributed by atoms with Gasteiger partial charge in [0.15, 0.2) is 0 Å². The minimum atomic E-state index is -0.703. The van der Waals surface area contributed by atoms with Gasteiger partial charge in [-0.05, 0) is 36.8 Å². The Balaban J connectivity index is 1.68. The van der Waals surface area contributed by atoms with E-state index in [4.69, 9.17) is 9.47 Å². The summed E-state index contributed by atoms with van der Waals surface area (Å²) in [6.45, 7) is 3.05. The maximum atomic E-state index is 10.5. The van der Waals surface area contributed by atoms with Gasteiger partial charge >= 0.3 is 0 Å². The lowest BCUT2D eigenvalue weighted by atomic mass is 10.1. The number of aromatic nitrogens is 2. The van der Waals surface area contributed by atoms with Crippen molar-refractivity contribution in [1.29, 1.82) is 0 Å². The number of nitrogens with one attached hydrogen (secondary N) is 1. The van der Waals surface area contributed by atoms with E-state index < -0.39 is 6.10 Å². The molecule has 0 spiro atoms. The second kappa shape index (κ2) is 7.55. The SMILES string of the molecule is COc1ccc(OC)c(C(O)CNCc2cnc3ccc(C)cn23)c1. The molecule has 0 bridgehead atoms. The van der Waals surface area contributed by atoms with Crippen LogP contribution in [0.5, 0.6) is 11.5 Å². The molecule has 2 aromatic heterocycles. The van der Waals surface area contributed by atoms with E-state index in [0.717, 1.165) is 11.3 Å². The van der Waals surface area contributed by atoms with Crippen LogP contribution >= 0.6 is 0 Å². The number of pyridine rings is 1. The van der Waals surface area contributed by atoms with Crippen LogP contribution in [0.2, 0.25) is 0 Å². The summed E-state index contributed by atoms with van der Waals surface area (Å²) in [7, 11) is 3.19. The molecule has 6 nitrogen and oxygen atoms in total. The van der Waals surface area contributed by atoms with Gasteiger partial charge in [-0.3, -0.25) is 0 Å². The van der Waals surface area contributed by atoms with Gasteiger partial charge in [-0.25, -0.2) is 4.98 Å². The molecule has 0 amide bonds. The number of rotatable bonds is 7. The van der Waals surface area contributed by atoms with Gasteiger partial charge < -0.3 is 24.3 Å². The highest BCUT2D eigenvalue weighted by atomic mass is 16.5. The Morgan fingerprint density at radius 2 is 2.04 bits per heavy atom. The average molecular weight is 341 g/mol. The number of ether oxygens (including phenoxy) is 2. The summed E-state index contributed by atoms with van der Waals surface area (Å²) in [5.74, 6) is 1.33. The highest BCUT2D eigenvalue weighted by Crippen LogP contribution is 2.29. The molecule has 1 aromatic carbocycles. The third-order valence-corrected chi connectivity index (χ3v) is 4.17. The Labute approximate surface area is 147 Å². The van der Waals surface area contributed by atoms with Gasteiger partial charge in [-0.2, -0.15) is 0 Å². The van der Waals surface area contributed by atoms with E-state index in [9.17, 15) is 5.11 Å². The van der Waals surface area contributed by atoms with Crippen molar-refractivity contribution >= 4 is 5.65 Å². The molecule has 25 heavy (non-hydrogen) atoms. The molecule has 3 aromatic rings. The molecular weight excluding hydrogens is 318 g/mol. The van der Waals surface area contributed by atoms with Crippen molar-refractivity contribution in [3.8, 4) is 11.5 Å². The molecule has 2 heterocycles. The highest BCUT2D eigenvalue weighted by molar-refractivity contribution is 5.42. The quantitative estimate of drug-likeness (QED) is 0.691. The number of aliphatic hydroxyl groups is 1. The van der Waals surface area contributed by atoms with Gasteiger partial charge in [-0.15, -0.1) is 0 Å². The van der Waals surface area contributed by atoms with Crippen LogP contribution < -0.4 is 14.8 Å². The average Bonchev–Trinajstić information content (AvgIpc) is 3.03. The van der Waals surface area contributed by atoms with Crippen LogP contribution in [0.25, 0.3) is 5.65 Å². The molecule has 0 aliphatic heterocycles. The van der Waals surface area contributed by atoms with Crippen molar-refractivity contribution in [3.05, 3.63) is 59.5 Å². The van der Waals surface area contributed by atoms with Gasteiger partial charge in [0, 0.05) is 24.8 Å². The van der Waals surface area contributed by atoms with Crippen molar-refractivity contribution in [2.24, 2.45) is 0 Å². The molecule has 0 saturated heterocycles. The molecule has 132 valence electrons. The number of hydrogen-bond donors (Lipinski definition) is 2. The van der Waals surface area contributed by atoms with Gasteiger partial charge in [0.2, 0.25) is 0 Å². The molecule has 0 aliphatic rings. The summed E-state index contributed by atoms with van der Waals surface area (Å²) in [5, 5.41) is 13.8. The minimum absolute atomic E-state index is 0.391. The second-order valence-electron chi connectivity index (χ2n) is 5.94. The molecule has 1 unspecified atom stereocenters. The zero-order chi connectivity index (χ0) is 17.8. The number of aryl methyl sites for hydroxylation is 1. The smallest absolute Gasteiger partial charge is 0.136 e. The normalized spacial score (nSPS) is 12.3. The van der Waals surface area contributed by atoms with E-state index in [1.165, 1.54) is 5.56 Å². The van der Waals surface area contributed by atoms with Crippen molar-refractivity contribution in [2.45, 2.75) is 19.6 Å². The fraction of sp³-hybridized carbons (Fsp3) is 0.316. The molecule has 1 atom stereocenters. The van der Waals surface area contributed by atoms with E-state index in [0.29, 0.717) is 30.2 Å². The number of benzene rings is 1. The molecular formula is C19H23N3O3. The van der Waals surface area contributed by atoms with Crippen molar-refractivity contribution in [2.75, 3.05) is 20.8 Å². The minimum Gasteiger partial charge on any atom is -0.497 e. The third kappa shape index (κ3) is 3.75. The predicted molar refractivity (Wildman–Crippen MR) is 96.1 cm³/mol. The van der Waals surface area contributed by atoms with Crippen LogP contribution in [0.3, 0.4) is 0 Å². The largest absolute Gasteiger partial charge is 0.497 e. The summed E-state index contributed by atoms with van der Waals surface area (Å²) < 4.78 is 12.6. The third-order valence-electron chi connectivity index (χ3n) is 4.17. The predicted octanol–water partition coefficient (Wildman–Crippen LogP) is 2.48. The standard InChI is InChI=1S/C19H23N3O3/c1-13-4-7-19-21-10-14(22(19)12-13)9-20-11-17(23)16-8-15(24-2)5-6-18(16)25-3/h4-8,10,12,17,20,23H,9,11H2,1-3H3. The van der Waals surface area contributed by atoms with Crippen LogP contribution in [0.15, 0.2) is 42.7 Å². The van der Waals surface area contributed by atoms with E-state index in [1.807, 2.05) is 24.4 Å². The number of hydrogen-bond acceptors (Lipinski definition) is 5. The summed E-state index contributed by atoms with van der Waals surface area (Å²) >= 11 is 0. The van der Waals surface area contributed by atoms with Crippen molar-refractivity contribution < 1.29 is 14.6 Å². The fourth-order valence-electron chi connectivity index (χ4n) is 2.81. The van der Waals surface area contributed by atoms with Gasteiger partial charge in [0.1, 0.15) is 17.1 Å². The number of methoxy groups -OCH3 is 2. The Bertz CT molecular complexity index is 860. The Kier molecular flexibility index (Phi) is 5.21. The fourth-order valence-corrected chi connectivity index (χ4v) is 2.81. The number of imidazole rings is 1. The van der Waals surface area contributed by atoms with Crippen LogP contribution in [-0.2, 0) is 6.54 Å². The van der Waals surface area contributed by atoms with E-state index in [-0.39, 0.29) is 0 Å². The number of fused-ring (bicyclic) bond motifs is 1. The summed E-state index contributed by atoms with van der Waals surface area (Å²) in [6, 6.07) is 9.43. The number of aliphatic hydroxyl groups excluding tert-OH is 1. The second-order valence-corrected chi connectivity index (χ2v) is 5.94. The summed E-state index contributed by atoms with van der Waals surface area (Å²) in [5.41, 5.74) is 3.83. The maximum absolute atomic E-state index is 10.5. The summed E-state index contributed by atoms with van der Waals surface area (Å²) in [4.78, 5) is 4.39. The van der Waals surface area contributed by atoms with Gasteiger partial charge in [0.05, 0.1) is 32.2 Å². The first-order valence-electron chi connectivity index (χ1n) is 8.15. The first-order valence-corrected chi connectivity index (χ1v) is 8.15. The lowest BCUT2D eigenvalue weighted by Crippen LogP contribution is -2.22. The van der Waals surface area contributed by atoms with E-state index >= 15 is 0 Å². The zero-order valence-electron chi connectivity index (χ0n) is 14.7. The molecule has 3 rings (SSSR count). The molecule has 6 heteroatoms. The van der Waals surface area contributed by atoms with Crippen LogP contribution in [0, 0.1) is 6.92 Å². The maximum Gasteiger partial charge on any atom is 0.136 e. The first kappa shape index (κ1) is 17.3. The van der Waals surface area contributed by atoms with E-state index in [1.54, 1.807) is 26.4 Å². The number of nitrogens with zero attached hydrogens (tertiary/aromatic N) is 2. The van der Waals surface area contributed by atoms with E-state index in [2.05, 4.69) is 27.8 Å². The van der Waals surface area contributed by atoms with Crippen molar-refractivity contribution in [3.63, 3.8) is 0 Å². The highest BCUT2D eigenvalue weighted by Gasteiger charge is 2.14. The van der Waals surface area contributed by atoms with Crippen LogP contribution in [0.1, 0.15) is 22.9 Å². The molecule has 2 N–H and O–H groups in total. The van der Waals surface area contributed by atoms with Crippen LogP contribution in [0.4, 0.5) is 0 Å². The lowest BCUT2D eigenvalue weighted by molar-refractivity contribution is 0.169. The molecule has 0 radical (unpaired) electrons. The monoisotopic (exact) mass is 341 g/mol. The first-order chi connectivity index (χ1) is 12.1. The van der Waals surface area contributed by atoms with Crippen LogP contribution in [-0.4, -0.2) is 35.3 Å². The zero-order valence-corrected chi connectivity index (χ0v) is 14.7. The Hall–Kier alpha value is -2.57.